The van der Waals surface area contributed by atoms with Crippen molar-refractivity contribution in [3.63, 3.8) is 0 Å². The van der Waals surface area contributed by atoms with Crippen LogP contribution in [0.25, 0.3) is 10.9 Å². The van der Waals surface area contributed by atoms with Gasteiger partial charge in [-0.25, -0.2) is 20.2 Å². The molecule has 2 heterocycles. The molecule has 0 spiro atoms. The van der Waals surface area contributed by atoms with E-state index in [-0.39, 0.29) is 11.6 Å². The van der Waals surface area contributed by atoms with Gasteiger partial charge < -0.3 is 16.0 Å². The molecule has 1 aromatic heterocycles. The second-order valence-corrected chi connectivity index (χ2v) is 15.3. The third kappa shape index (κ3) is 6.95. The number of nitrogens with zero attached hydrogens (tertiary/aromatic N) is 5. The third-order valence-electron chi connectivity index (χ3n) is 11.1. The molecule has 3 saturated carbocycles. The van der Waals surface area contributed by atoms with E-state index in [0.29, 0.717) is 80.7 Å². The first-order chi connectivity index (χ1) is 22.8. The van der Waals surface area contributed by atoms with E-state index >= 15 is 0 Å². The Morgan fingerprint density at radius 3 is 2.48 bits per heavy atom. The molecular weight excluding hydrogens is 649 g/mol. The highest BCUT2D eigenvalue weighted by Crippen LogP contribution is 2.61. The Morgan fingerprint density at radius 2 is 1.83 bits per heavy atom. The van der Waals surface area contributed by atoms with Gasteiger partial charge in [0.05, 0.1) is 16.9 Å². The van der Waals surface area contributed by atoms with Crippen molar-refractivity contribution in [1.82, 2.24) is 25.3 Å². The van der Waals surface area contributed by atoms with E-state index in [1.165, 1.54) is 6.42 Å². The van der Waals surface area contributed by atoms with Gasteiger partial charge in [-0.3, -0.25) is 19.7 Å². The SMILES string of the molecule is CC1C2CC(C[C@@H]1/N=C(\NNC(N)=O)Nc1ccc3c(=O)n(CCc4ccc(Cl)cc4Cl)c(N4CCN(C(C)C)CC4)nc3c1)C2(C)C. The molecule has 48 heavy (non-hydrogen) atoms. The Labute approximate surface area is 292 Å². The molecule has 4 aliphatic rings. The number of amides is 2. The summed E-state index contributed by atoms with van der Waals surface area (Å²) >= 11 is 12.6. The van der Waals surface area contributed by atoms with Crippen LogP contribution in [0.15, 0.2) is 46.2 Å². The van der Waals surface area contributed by atoms with Gasteiger partial charge in [-0.05, 0) is 92.2 Å². The molecule has 258 valence electrons. The van der Waals surface area contributed by atoms with Gasteiger partial charge in [0.2, 0.25) is 11.9 Å². The molecule has 5 N–H and O–H groups in total. The number of nitrogens with one attached hydrogen (secondary N) is 3. The molecule has 3 aromatic rings. The first-order valence-corrected chi connectivity index (χ1v) is 17.7. The second-order valence-electron chi connectivity index (χ2n) is 14.4. The zero-order chi connectivity index (χ0) is 34.3. The van der Waals surface area contributed by atoms with Crippen molar-refractivity contribution in [3.05, 3.63) is 62.4 Å². The van der Waals surface area contributed by atoms with E-state index in [1.54, 1.807) is 16.7 Å². The number of carbonyl (C=O) groups is 1. The van der Waals surface area contributed by atoms with Gasteiger partial charge in [-0.2, -0.15) is 0 Å². The van der Waals surface area contributed by atoms with Crippen LogP contribution in [-0.2, 0) is 13.0 Å². The van der Waals surface area contributed by atoms with Crippen molar-refractivity contribution >= 4 is 57.7 Å². The largest absolute Gasteiger partial charge is 0.350 e. The minimum Gasteiger partial charge on any atom is -0.350 e. The molecule has 4 fully saturated rings. The van der Waals surface area contributed by atoms with E-state index < -0.39 is 6.03 Å². The predicted octanol–water partition coefficient (Wildman–Crippen LogP) is 5.49. The molecule has 1 saturated heterocycles. The lowest BCUT2D eigenvalue weighted by Gasteiger charge is -2.61. The summed E-state index contributed by atoms with van der Waals surface area (Å²) in [4.78, 5) is 40.5. The van der Waals surface area contributed by atoms with Crippen LogP contribution in [-0.4, -0.2) is 64.7 Å². The fourth-order valence-corrected chi connectivity index (χ4v) is 8.44. The molecule has 7 rings (SSSR count). The molecule has 2 aromatic carbocycles. The number of aromatic nitrogens is 2. The number of benzene rings is 2. The van der Waals surface area contributed by atoms with Crippen LogP contribution < -0.4 is 32.4 Å². The quantitative estimate of drug-likeness (QED) is 0.146. The molecule has 2 bridgehead atoms. The van der Waals surface area contributed by atoms with Gasteiger partial charge in [0.1, 0.15) is 0 Å². The average molecular weight is 697 g/mol. The van der Waals surface area contributed by atoms with Gasteiger partial charge in [0.25, 0.3) is 5.56 Å². The van der Waals surface area contributed by atoms with Gasteiger partial charge in [0.15, 0.2) is 0 Å². The molecular formula is C35H47Cl2N9O2. The summed E-state index contributed by atoms with van der Waals surface area (Å²) in [5, 5.41) is 4.99. The van der Waals surface area contributed by atoms with Crippen LogP contribution in [0, 0.1) is 23.2 Å². The number of guanidine groups is 1. The monoisotopic (exact) mass is 695 g/mol. The number of nitrogens with two attached hydrogens (primary N) is 1. The number of carbonyl (C=O) groups excluding carboxylic acids is 1. The topological polar surface area (TPSA) is 133 Å². The van der Waals surface area contributed by atoms with Crippen LogP contribution in [0.3, 0.4) is 0 Å². The number of hydrazine groups is 1. The second kappa shape index (κ2) is 13.8. The number of hydrogen-bond acceptors (Lipinski definition) is 6. The maximum absolute atomic E-state index is 14.1. The summed E-state index contributed by atoms with van der Waals surface area (Å²) in [6, 6.07) is 10.8. The molecule has 2 amide bonds. The minimum absolute atomic E-state index is 0.0995. The number of anilines is 2. The smallest absolute Gasteiger partial charge is 0.330 e. The van der Waals surface area contributed by atoms with Crippen molar-refractivity contribution < 1.29 is 4.79 Å². The van der Waals surface area contributed by atoms with Gasteiger partial charge in [0, 0.05) is 54.5 Å². The molecule has 4 atom stereocenters. The van der Waals surface area contributed by atoms with Crippen LogP contribution in [0.4, 0.5) is 16.4 Å². The Morgan fingerprint density at radius 1 is 1.08 bits per heavy atom. The highest BCUT2D eigenvalue weighted by molar-refractivity contribution is 6.35. The maximum atomic E-state index is 14.1. The Hall–Kier alpha value is -3.54. The summed E-state index contributed by atoms with van der Waals surface area (Å²) in [5.41, 5.74) is 13.1. The van der Waals surface area contributed by atoms with Crippen LogP contribution in [0.2, 0.25) is 10.0 Å². The third-order valence-corrected chi connectivity index (χ3v) is 11.6. The van der Waals surface area contributed by atoms with E-state index in [0.717, 1.165) is 38.2 Å². The van der Waals surface area contributed by atoms with Gasteiger partial charge in [-0.15, -0.1) is 0 Å². The fourth-order valence-electron chi connectivity index (χ4n) is 7.94. The van der Waals surface area contributed by atoms with E-state index in [1.807, 2.05) is 24.3 Å². The van der Waals surface area contributed by atoms with Crippen LogP contribution in [0.5, 0.6) is 0 Å². The lowest BCUT2D eigenvalue weighted by atomic mass is 9.45. The maximum Gasteiger partial charge on any atom is 0.330 e. The molecule has 3 unspecified atom stereocenters. The number of aryl methyl sites for hydroxylation is 1. The summed E-state index contributed by atoms with van der Waals surface area (Å²) in [6.07, 6.45) is 2.78. The zero-order valence-corrected chi connectivity index (χ0v) is 29.9. The van der Waals surface area contributed by atoms with Crippen molar-refractivity contribution in [2.75, 3.05) is 36.4 Å². The number of primary amides is 1. The number of hydrogen-bond donors (Lipinski definition) is 4. The van der Waals surface area contributed by atoms with Crippen LogP contribution in [0.1, 0.15) is 53.0 Å². The molecule has 0 radical (unpaired) electrons. The van der Waals surface area contributed by atoms with Crippen molar-refractivity contribution in [3.8, 4) is 0 Å². The number of halogens is 2. The van der Waals surface area contributed by atoms with E-state index in [2.05, 4.69) is 60.6 Å². The van der Waals surface area contributed by atoms with Crippen molar-refractivity contribution in [2.24, 2.45) is 33.9 Å². The van der Waals surface area contributed by atoms with E-state index in [9.17, 15) is 9.59 Å². The summed E-state index contributed by atoms with van der Waals surface area (Å²) in [5.74, 6) is 2.66. The lowest BCUT2D eigenvalue weighted by molar-refractivity contribution is -0.108. The summed E-state index contributed by atoms with van der Waals surface area (Å²) in [6.45, 7) is 15.1. The van der Waals surface area contributed by atoms with Crippen molar-refractivity contribution in [1.29, 1.82) is 0 Å². The highest BCUT2D eigenvalue weighted by Gasteiger charge is 2.56. The molecule has 3 aliphatic carbocycles. The van der Waals surface area contributed by atoms with Crippen LogP contribution >= 0.6 is 23.2 Å². The zero-order valence-electron chi connectivity index (χ0n) is 28.4. The Kier molecular flexibility index (Phi) is 9.84. The highest BCUT2D eigenvalue weighted by atomic mass is 35.5. The first kappa shape index (κ1) is 34.3. The lowest BCUT2D eigenvalue weighted by Crippen LogP contribution is -2.57. The number of fused-ring (bicyclic) bond motifs is 3. The molecule has 13 heteroatoms. The number of aliphatic imine (C=N–C) groups is 1. The Balaban J connectivity index is 1.31. The first-order valence-electron chi connectivity index (χ1n) is 17.0. The molecule has 1 aliphatic heterocycles. The van der Waals surface area contributed by atoms with Gasteiger partial charge in [-0.1, -0.05) is 50.0 Å². The molecule has 11 nitrogen and oxygen atoms in total. The predicted molar refractivity (Wildman–Crippen MR) is 195 cm³/mol. The Bertz CT molecular complexity index is 1770. The average Bonchev–Trinajstić information content (AvgIpc) is 3.04. The fraction of sp³-hybridized carbons (Fsp3) is 0.543. The van der Waals surface area contributed by atoms with Crippen molar-refractivity contribution in [2.45, 2.75) is 72.5 Å². The summed E-state index contributed by atoms with van der Waals surface area (Å²) in [7, 11) is 0. The summed E-state index contributed by atoms with van der Waals surface area (Å²) < 4.78 is 1.77. The number of urea groups is 1. The van der Waals surface area contributed by atoms with Gasteiger partial charge >= 0.3 is 6.03 Å². The normalized spacial score (nSPS) is 24.0. The minimum atomic E-state index is -0.715. The number of piperazine rings is 1. The van der Waals surface area contributed by atoms with E-state index in [4.69, 9.17) is 38.9 Å². The standard InChI is InChI=1S/C35H47Cl2N9O2/c1-20(2)44-12-14-45(15-13-44)34-41-30-19-25(8-9-26(30)31(47)46(34)11-10-22-6-7-24(36)18-28(22)37)39-33(43-42-32(38)48)40-29-17-23-16-27(21(29)3)35(23,4)5/h6-9,18-21,23,27,29H,10-17H2,1-5H3,(H3,38,42,48)(H2,39,40,43)/t21?,23?,27?,29-/m0/s1. The number of rotatable bonds is 7.